The number of benzene rings is 1. The summed E-state index contributed by atoms with van der Waals surface area (Å²) >= 11 is 0. The van der Waals surface area contributed by atoms with Crippen molar-refractivity contribution in [2.45, 2.75) is 52.7 Å². The number of nitrogens with one attached hydrogen (secondary N) is 1. The van der Waals surface area contributed by atoms with Crippen LogP contribution in [0.5, 0.6) is 0 Å². The minimum Gasteiger partial charge on any atom is -0.443 e. The first-order chi connectivity index (χ1) is 12.9. The van der Waals surface area contributed by atoms with Crippen molar-refractivity contribution >= 4 is 29.4 Å². The maximum atomic E-state index is 12.6. The van der Waals surface area contributed by atoms with E-state index in [1.165, 1.54) is 6.20 Å². The number of amides is 2. The molecule has 1 aromatic carbocycles. The largest absolute Gasteiger partial charge is 0.443 e. The molecule has 7 heteroatoms. The molecule has 2 rings (SSSR count). The Morgan fingerprint density at radius 2 is 1.36 bits per heavy atom. The van der Waals surface area contributed by atoms with E-state index in [2.05, 4.69) is 10.3 Å². The average molecular weight is 385 g/mol. The normalized spacial score (nSPS) is 11.5. The molecule has 0 atom stereocenters. The van der Waals surface area contributed by atoms with Gasteiger partial charge in [0.2, 0.25) is 0 Å². The summed E-state index contributed by atoms with van der Waals surface area (Å²) in [5.74, 6) is 0.113. The lowest BCUT2D eigenvalue weighted by atomic mass is 10.2. The van der Waals surface area contributed by atoms with Crippen LogP contribution in [0.15, 0.2) is 48.7 Å². The Balaban J connectivity index is 2.26. The summed E-state index contributed by atoms with van der Waals surface area (Å²) in [5, 5.41) is 3.19. The molecule has 150 valence electrons. The summed E-state index contributed by atoms with van der Waals surface area (Å²) in [5.41, 5.74) is 0.0645. The highest BCUT2D eigenvalue weighted by Crippen LogP contribution is 2.22. The maximum absolute atomic E-state index is 12.6. The number of carbonyl (C=O) groups is 2. The highest BCUT2D eigenvalue weighted by Gasteiger charge is 2.33. The second-order valence-electron chi connectivity index (χ2n) is 8.19. The van der Waals surface area contributed by atoms with Gasteiger partial charge in [0.25, 0.3) is 0 Å². The zero-order valence-electron chi connectivity index (χ0n) is 17.1. The molecular formula is C21H27N3O4. The number of ether oxygens (including phenoxy) is 2. The Labute approximate surface area is 165 Å². The van der Waals surface area contributed by atoms with Crippen LogP contribution in [0.2, 0.25) is 0 Å². The van der Waals surface area contributed by atoms with Gasteiger partial charge in [0.05, 0.1) is 11.9 Å². The fraction of sp³-hybridized carbons (Fsp3) is 0.381. The molecule has 0 unspecified atom stereocenters. The minimum atomic E-state index is -0.849. The van der Waals surface area contributed by atoms with Gasteiger partial charge in [-0.2, -0.15) is 4.90 Å². The Kier molecular flexibility index (Phi) is 6.28. The number of para-hydroxylation sites is 1. The van der Waals surface area contributed by atoms with Crippen molar-refractivity contribution in [3.63, 3.8) is 0 Å². The summed E-state index contributed by atoms with van der Waals surface area (Å²) in [7, 11) is 0. The monoisotopic (exact) mass is 385 g/mol. The summed E-state index contributed by atoms with van der Waals surface area (Å²) in [6.45, 7) is 10.3. The Morgan fingerprint density at radius 1 is 0.821 bits per heavy atom. The van der Waals surface area contributed by atoms with Crippen LogP contribution in [0.1, 0.15) is 41.5 Å². The van der Waals surface area contributed by atoms with Crippen molar-refractivity contribution in [2.75, 3.05) is 10.2 Å². The van der Waals surface area contributed by atoms with E-state index in [-0.39, 0.29) is 5.82 Å². The van der Waals surface area contributed by atoms with E-state index in [1.807, 2.05) is 30.3 Å². The molecule has 1 heterocycles. The summed E-state index contributed by atoms with van der Waals surface area (Å²) in [6, 6.07) is 12.9. The molecular weight excluding hydrogens is 358 g/mol. The Bertz CT molecular complexity index is 778. The predicted molar refractivity (Wildman–Crippen MR) is 109 cm³/mol. The minimum absolute atomic E-state index is 0.113. The van der Waals surface area contributed by atoms with Crippen molar-refractivity contribution in [2.24, 2.45) is 0 Å². The number of pyridine rings is 1. The first-order valence-corrected chi connectivity index (χ1v) is 8.99. The van der Waals surface area contributed by atoms with Crippen molar-refractivity contribution < 1.29 is 19.1 Å². The number of carbonyl (C=O) groups excluding carboxylic acids is 2. The zero-order valence-corrected chi connectivity index (χ0v) is 17.1. The summed E-state index contributed by atoms with van der Waals surface area (Å²) < 4.78 is 10.7. The molecule has 0 bridgehead atoms. The van der Waals surface area contributed by atoms with E-state index < -0.39 is 23.4 Å². The third-order valence-corrected chi connectivity index (χ3v) is 3.19. The molecule has 0 saturated carbocycles. The number of hydrogen-bond acceptors (Lipinski definition) is 6. The van der Waals surface area contributed by atoms with Gasteiger partial charge < -0.3 is 14.8 Å². The van der Waals surface area contributed by atoms with Gasteiger partial charge in [-0.15, -0.1) is 0 Å². The number of anilines is 3. The highest BCUT2D eigenvalue weighted by atomic mass is 16.6. The first kappa shape index (κ1) is 21.2. The molecule has 28 heavy (non-hydrogen) atoms. The van der Waals surface area contributed by atoms with Crippen LogP contribution in [0.25, 0.3) is 0 Å². The van der Waals surface area contributed by atoms with Crippen LogP contribution in [0.4, 0.5) is 26.8 Å². The van der Waals surface area contributed by atoms with Crippen LogP contribution in [0, 0.1) is 0 Å². The van der Waals surface area contributed by atoms with Gasteiger partial charge in [0, 0.05) is 5.69 Å². The fourth-order valence-corrected chi connectivity index (χ4v) is 2.16. The molecule has 1 aromatic heterocycles. The fourth-order valence-electron chi connectivity index (χ4n) is 2.16. The SMILES string of the molecule is CC(C)(C)OC(=O)N(C(=O)OC(C)(C)C)c1ccc(Nc2ccccc2)cn1. The highest BCUT2D eigenvalue weighted by molar-refractivity contribution is 6.08. The van der Waals surface area contributed by atoms with Crippen molar-refractivity contribution in [3.8, 4) is 0 Å². The van der Waals surface area contributed by atoms with Gasteiger partial charge >= 0.3 is 12.2 Å². The van der Waals surface area contributed by atoms with Gasteiger partial charge in [-0.1, -0.05) is 18.2 Å². The number of nitrogens with zero attached hydrogens (tertiary/aromatic N) is 2. The van der Waals surface area contributed by atoms with E-state index >= 15 is 0 Å². The number of hydrogen-bond donors (Lipinski definition) is 1. The van der Waals surface area contributed by atoms with Gasteiger partial charge in [-0.3, -0.25) is 0 Å². The van der Waals surface area contributed by atoms with E-state index in [0.29, 0.717) is 5.69 Å². The third-order valence-electron chi connectivity index (χ3n) is 3.19. The second-order valence-corrected chi connectivity index (χ2v) is 8.19. The predicted octanol–water partition coefficient (Wildman–Crippen LogP) is 5.50. The Morgan fingerprint density at radius 3 is 1.79 bits per heavy atom. The standard InChI is InChI=1S/C21H27N3O4/c1-20(2,3)27-18(25)24(19(26)28-21(4,5)6)17-13-12-16(14-22-17)23-15-10-8-7-9-11-15/h7-14,23H,1-6H3. The molecule has 0 radical (unpaired) electrons. The van der Waals surface area contributed by atoms with E-state index in [0.717, 1.165) is 10.6 Å². The lowest BCUT2D eigenvalue weighted by Crippen LogP contribution is -2.44. The molecule has 0 spiro atoms. The summed E-state index contributed by atoms with van der Waals surface area (Å²) in [6.07, 6.45) is -0.166. The van der Waals surface area contributed by atoms with Gasteiger partial charge in [-0.05, 0) is 65.8 Å². The molecule has 0 aliphatic carbocycles. The number of imide groups is 1. The first-order valence-electron chi connectivity index (χ1n) is 8.99. The van der Waals surface area contributed by atoms with Crippen molar-refractivity contribution in [1.82, 2.24) is 4.98 Å². The molecule has 0 fully saturated rings. The number of aromatic nitrogens is 1. The smallest absolute Gasteiger partial charge is 0.425 e. The second kappa shape index (κ2) is 8.29. The molecule has 1 N–H and O–H groups in total. The molecule has 0 aliphatic heterocycles. The lowest BCUT2D eigenvalue weighted by Gasteiger charge is -2.28. The van der Waals surface area contributed by atoms with Crippen LogP contribution in [0.3, 0.4) is 0 Å². The van der Waals surface area contributed by atoms with E-state index in [9.17, 15) is 9.59 Å². The quantitative estimate of drug-likeness (QED) is 0.751. The van der Waals surface area contributed by atoms with Crippen LogP contribution in [-0.4, -0.2) is 28.4 Å². The van der Waals surface area contributed by atoms with E-state index in [4.69, 9.17) is 9.47 Å². The van der Waals surface area contributed by atoms with Crippen LogP contribution in [-0.2, 0) is 9.47 Å². The summed E-state index contributed by atoms with van der Waals surface area (Å²) in [4.78, 5) is 30.3. The van der Waals surface area contributed by atoms with Crippen molar-refractivity contribution in [3.05, 3.63) is 48.7 Å². The topological polar surface area (TPSA) is 80.8 Å². The van der Waals surface area contributed by atoms with Crippen LogP contribution >= 0.6 is 0 Å². The molecule has 0 saturated heterocycles. The lowest BCUT2D eigenvalue weighted by molar-refractivity contribution is 0.0429. The Hall–Kier alpha value is -3.09. The molecule has 7 nitrogen and oxygen atoms in total. The molecule has 0 aliphatic rings. The van der Waals surface area contributed by atoms with E-state index in [1.54, 1.807) is 53.7 Å². The van der Waals surface area contributed by atoms with Crippen molar-refractivity contribution in [1.29, 1.82) is 0 Å². The van der Waals surface area contributed by atoms with Gasteiger partial charge in [-0.25, -0.2) is 14.6 Å². The molecule has 2 amide bonds. The van der Waals surface area contributed by atoms with Crippen LogP contribution < -0.4 is 10.2 Å². The zero-order chi connectivity index (χ0) is 20.9. The average Bonchev–Trinajstić information content (AvgIpc) is 2.54. The van der Waals surface area contributed by atoms with Gasteiger partial charge in [0.1, 0.15) is 17.0 Å². The third kappa shape index (κ3) is 6.57. The molecule has 2 aromatic rings. The van der Waals surface area contributed by atoms with Gasteiger partial charge in [0.15, 0.2) is 0 Å². The maximum Gasteiger partial charge on any atom is 0.425 e. The number of rotatable bonds is 3.